The second kappa shape index (κ2) is 12.9. The number of hydrogen-bond acceptors (Lipinski definition) is 4. The largest absolute Gasteiger partial charge is 0.355 e. The van der Waals surface area contributed by atoms with Gasteiger partial charge in [-0.15, -0.1) is 0 Å². The van der Waals surface area contributed by atoms with Crippen LogP contribution in [0.3, 0.4) is 0 Å². The molecular formula is C29H34ClN3O4S. The first-order valence-electron chi connectivity index (χ1n) is 12.5. The molecule has 3 rings (SSSR count). The lowest BCUT2D eigenvalue weighted by atomic mass is 10.1. The molecule has 0 aliphatic heterocycles. The molecule has 0 fully saturated rings. The third-order valence-electron chi connectivity index (χ3n) is 6.18. The van der Waals surface area contributed by atoms with Crippen LogP contribution in [0.15, 0.2) is 77.7 Å². The van der Waals surface area contributed by atoms with E-state index in [4.69, 9.17) is 11.6 Å². The first-order chi connectivity index (χ1) is 18.1. The Labute approximate surface area is 230 Å². The fourth-order valence-corrected chi connectivity index (χ4v) is 5.94. The summed E-state index contributed by atoms with van der Waals surface area (Å²) in [5, 5.41) is 2.99. The number of nitrogens with zero attached hydrogens (tertiary/aromatic N) is 2. The average Bonchev–Trinajstić information content (AvgIpc) is 2.88. The minimum atomic E-state index is -4.16. The van der Waals surface area contributed by atoms with Gasteiger partial charge < -0.3 is 10.2 Å². The number of anilines is 1. The summed E-state index contributed by atoms with van der Waals surface area (Å²) in [6.07, 6.45) is 0.361. The number of rotatable bonds is 11. The summed E-state index contributed by atoms with van der Waals surface area (Å²) >= 11 is 6.43. The molecule has 0 heterocycles. The minimum absolute atomic E-state index is 0.0387. The van der Waals surface area contributed by atoms with E-state index < -0.39 is 28.5 Å². The number of carbonyl (C=O) groups excluding carboxylic acids is 2. The van der Waals surface area contributed by atoms with E-state index >= 15 is 0 Å². The first-order valence-corrected chi connectivity index (χ1v) is 14.4. The van der Waals surface area contributed by atoms with Gasteiger partial charge in [-0.3, -0.25) is 13.9 Å². The second-order valence-corrected chi connectivity index (χ2v) is 11.4. The van der Waals surface area contributed by atoms with Crippen LogP contribution in [0.4, 0.5) is 5.69 Å². The first kappa shape index (κ1) is 29.2. The maximum Gasteiger partial charge on any atom is 0.264 e. The van der Waals surface area contributed by atoms with E-state index in [0.29, 0.717) is 13.0 Å². The Morgan fingerprint density at radius 3 is 2.21 bits per heavy atom. The molecule has 1 N–H and O–H groups in total. The van der Waals surface area contributed by atoms with Gasteiger partial charge in [0.15, 0.2) is 0 Å². The number of sulfonamides is 1. The monoisotopic (exact) mass is 555 g/mol. The van der Waals surface area contributed by atoms with Gasteiger partial charge in [-0.05, 0) is 57.0 Å². The highest BCUT2D eigenvalue weighted by atomic mass is 35.5. The molecule has 3 aromatic rings. The van der Waals surface area contributed by atoms with Crippen molar-refractivity contribution >= 4 is 39.1 Å². The third-order valence-corrected chi connectivity index (χ3v) is 8.27. The van der Waals surface area contributed by atoms with Gasteiger partial charge in [-0.1, -0.05) is 78.2 Å². The van der Waals surface area contributed by atoms with E-state index in [-0.39, 0.29) is 28.1 Å². The molecule has 1 atom stereocenters. The van der Waals surface area contributed by atoms with Crippen LogP contribution < -0.4 is 9.62 Å². The normalized spacial score (nSPS) is 12.0. The predicted octanol–water partition coefficient (Wildman–Crippen LogP) is 5.10. The van der Waals surface area contributed by atoms with Crippen LogP contribution in [0.2, 0.25) is 5.02 Å². The van der Waals surface area contributed by atoms with Crippen molar-refractivity contribution in [2.45, 2.75) is 51.6 Å². The number of aryl methyl sites for hydroxylation is 2. The molecular weight excluding hydrogens is 522 g/mol. The summed E-state index contributed by atoms with van der Waals surface area (Å²) in [7, 11) is -4.16. The van der Waals surface area contributed by atoms with Gasteiger partial charge >= 0.3 is 0 Å². The molecule has 38 heavy (non-hydrogen) atoms. The number of likely N-dealkylation sites (N-methyl/N-ethyl adjacent to an activating group) is 1. The Morgan fingerprint density at radius 1 is 0.921 bits per heavy atom. The number of halogens is 1. The molecule has 0 radical (unpaired) electrons. The molecule has 7 nitrogen and oxygen atoms in total. The SMILES string of the molecule is CCNC(=O)C(CC)N(Cc1cccc(C)c1)C(=O)CN(c1ccccc1Cl)S(=O)(=O)c1ccc(C)cc1. The third kappa shape index (κ3) is 6.94. The van der Waals surface area contributed by atoms with Crippen molar-refractivity contribution in [3.8, 4) is 0 Å². The fourth-order valence-electron chi connectivity index (χ4n) is 4.22. The summed E-state index contributed by atoms with van der Waals surface area (Å²) in [6.45, 7) is 7.48. The Morgan fingerprint density at radius 2 is 1.61 bits per heavy atom. The topological polar surface area (TPSA) is 86.8 Å². The quantitative estimate of drug-likeness (QED) is 0.357. The lowest BCUT2D eigenvalue weighted by molar-refractivity contribution is -0.140. The van der Waals surface area contributed by atoms with E-state index in [0.717, 1.165) is 21.0 Å². The number of nitrogens with one attached hydrogen (secondary N) is 1. The van der Waals surface area contributed by atoms with E-state index in [1.54, 1.807) is 36.4 Å². The van der Waals surface area contributed by atoms with Crippen LogP contribution in [0.5, 0.6) is 0 Å². The number of amides is 2. The minimum Gasteiger partial charge on any atom is -0.355 e. The van der Waals surface area contributed by atoms with Crippen LogP contribution in [0.25, 0.3) is 0 Å². The fraction of sp³-hybridized carbons (Fsp3) is 0.310. The van der Waals surface area contributed by atoms with Gasteiger partial charge in [0.25, 0.3) is 10.0 Å². The molecule has 0 aliphatic rings. The van der Waals surface area contributed by atoms with Crippen molar-refractivity contribution in [1.29, 1.82) is 0 Å². The van der Waals surface area contributed by atoms with E-state index in [9.17, 15) is 18.0 Å². The molecule has 1 unspecified atom stereocenters. The smallest absolute Gasteiger partial charge is 0.264 e. The molecule has 0 spiro atoms. The van der Waals surface area contributed by atoms with Crippen molar-refractivity contribution in [2.24, 2.45) is 0 Å². The zero-order valence-corrected chi connectivity index (χ0v) is 23.7. The van der Waals surface area contributed by atoms with Gasteiger partial charge in [0.1, 0.15) is 12.6 Å². The molecule has 2 amide bonds. The number of carbonyl (C=O) groups is 2. The molecule has 0 aromatic heterocycles. The zero-order chi connectivity index (χ0) is 27.9. The van der Waals surface area contributed by atoms with Gasteiger partial charge in [0.05, 0.1) is 15.6 Å². The van der Waals surface area contributed by atoms with Crippen LogP contribution in [-0.4, -0.2) is 44.3 Å². The van der Waals surface area contributed by atoms with E-state index in [2.05, 4.69) is 5.32 Å². The van der Waals surface area contributed by atoms with Crippen molar-refractivity contribution in [2.75, 3.05) is 17.4 Å². The summed E-state index contributed by atoms with van der Waals surface area (Å²) in [4.78, 5) is 28.4. The van der Waals surface area contributed by atoms with Crippen LogP contribution in [0, 0.1) is 13.8 Å². The molecule has 3 aromatic carbocycles. The molecule has 9 heteroatoms. The van der Waals surface area contributed by atoms with E-state index in [1.165, 1.54) is 17.0 Å². The van der Waals surface area contributed by atoms with E-state index in [1.807, 2.05) is 52.0 Å². The maximum absolute atomic E-state index is 14.0. The standard InChI is InChI=1S/C29H34ClN3O4S/c1-5-26(29(35)31-6-2)32(19-23-11-9-10-22(4)18-23)28(34)20-33(27-13-8-7-12-25(27)30)38(36,37)24-16-14-21(3)15-17-24/h7-18,26H,5-6,19-20H2,1-4H3,(H,31,35). The highest BCUT2D eigenvalue weighted by molar-refractivity contribution is 7.92. The molecule has 0 saturated carbocycles. The lowest BCUT2D eigenvalue weighted by Crippen LogP contribution is -2.52. The Hall–Kier alpha value is -3.36. The van der Waals surface area contributed by atoms with Crippen molar-refractivity contribution < 1.29 is 18.0 Å². The van der Waals surface area contributed by atoms with Crippen molar-refractivity contribution in [1.82, 2.24) is 10.2 Å². The highest BCUT2D eigenvalue weighted by Crippen LogP contribution is 2.31. The van der Waals surface area contributed by atoms with Gasteiger partial charge in [-0.25, -0.2) is 8.42 Å². The summed E-state index contributed by atoms with van der Waals surface area (Å²) in [5.41, 5.74) is 2.94. The Kier molecular flexibility index (Phi) is 9.94. The number of hydrogen-bond donors (Lipinski definition) is 1. The van der Waals surface area contributed by atoms with Crippen LogP contribution >= 0.6 is 11.6 Å². The maximum atomic E-state index is 14.0. The summed E-state index contributed by atoms with van der Waals surface area (Å²) < 4.78 is 28.7. The van der Waals surface area contributed by atoms with Gasteiger partial charge in [0, 0.05) is 13.1 Å². The second-order valence-electron chi connectivity index (χ2n) is 9.11. The van der Waals surface area contributed by atoms with Crippen LogP contribution in [-0.2, 0) is 26.2 Å². The number of para-hydroxylation sites is 1. The average molecular weight is 556 g/mol. The van der Waals surface area contributed by atoms with Crippen LogP contribution in [0.1, 0.15) is 37.0 Å². The molecule has 0 saturated heterocycles. The Bertz CT molecular complexity index is 1380. The molecule has 0 bridgehead atoms. The molecule has 0 aliphatic carbocycles. The summed E-state index contributed by atoms with van der Waals surface area (Å²) in [5.74, 6) is -0.804. The van der Waals surface area contributed by atoms with Crippen molar-refractivity contribution in [3.63, 3.8) is 0 Å². The summed E-state index contributed by atoms with van der Waals surface area (Å²) in [6, 6.07) is 19.8. The lowest BCUT2D eigenvalue weighted by Gasteiger charge is -2.33. The van der Waals surface area contributed by atoms with Crippen molar-refractivity contribution in [3.05, 3.63) is 94.5 Å². The predicted molar refractivity (Wildman–Crippen MR) is 152 cm³/mol. The van der Waals surface area contributed by atoms with Gasteiger partial charge in [-0.2, -0.15) is 0 Å². The molecule has 202 valence electrons. The highest BCUT2D eigenvalue weighted by Gasteiger charge is 2.34. The van der Waals surface area contributed by atoms with Gasteiger partial charge in [0.2, 0.25) is 11.8 Å². The Balaban J connectivity index is 2.07. The number of benzene rings is 3. The zero-order valence-electron chi connectivity index (χ0n) is 22.1.